The first-order chi connectivity index (χ1) is 9.86. The summed E-state index contributed by atoms with van der Waals surface area (Å²) in [4.78, 5) is 13.7. The molecule has 1 atom stereocenters. The topological polar surface area (TPSA) is 63.7 Å². The van der Waals surface area contributed by atoms with Crippen molar-refractivity contribution in [1.82, 2.24) is 4.90 Å². The SMILES string of the molecule is COC(=O)CC1(CS(=O)(=O)CCC2CCCCN2C)CC1. The number of hydrogen-bond donors (Lipinski definition) is 0. The van der Waals surface area contributed by atoms with E-state index in [1.807, 2.05) is 0 Å². The lowest BCUT2D eigenvalue weighted by Gasteiger charge is -2.32. The summed E-state index contributed by atoms with van der Waals surface area (Å²) in [5.74, 6) is 0.0888. The van der Waals surface area contributed by atoms with E-state index in [0.717, 1.165) is 25.8 Å². The Labute approximate surface area is 127 Å². The van der Waals surface area contributed by atoms with Crippen LogP contribution in [-0.4, -0.2) is 57.5 Å². The molecule has 2 aliphatic rings. The van der Waals surface area contributed by atoms with Crippen LogP contribution in [0, 0.1) is 5.41 Å². The minimum atomic E-state index is -3.09. The van der Waals surface area contributed by atoms with E-state index in [1.165, 1.54) is 20.0 Å². The molecule has 0 amide bonds. The van der Waals surface area contributed by atoms with Crippen molar-refractivity contribution in [3.63, 3.8) is 0 Å². The Morgan fingerprint density at radius 1 is 1.33 bits per heavy atom. The number of rotatable bonds is 7. The molecule has 1 saturated carbocycles. The number of nitrogens with zero attached hydrogens (tertiary/aromatic N) is 1. The van der Waals surface area contributed by atoms with Gasteiger partial charge in [0, 0.05) is 6.04 Å². The highest BCUT2D eigenvalue weighted by Crippen LogP contribution is 2.50. The molecule has 0 radical (unpaired) electrons. The lowest BCUT2D eigenvalue weighted by Crippen LogP contribution is -2.37. The summed E-state index contributed by atoms with van der Waals surface area (Å²) >= 11 is 0. The van der Waals surface area contributed by atoms with Gasteiger partial charge in [0.2, 0.25) is 0 Å². The average Bonchev–Trinajstić information content (AvgIpc) is 3.16. The minimum absolute atomic E-state index is 0.144. The number of methoxy groups -OCH3 is 1. The Hall–Kier alpha value is -0.620. The fourth-order valence-electron chi connectivity index (χ4n) is 3.29. The second-order valence-electron chi connectivity index (χ2n) is 6.76. The van der Waals surface area contributed by atoms with Crippen LogP contribution < -0.4 is 0 Å². The number of hydrogen-bond acceptors (Lipinski definition) is 5. The molecule has 0 aromatic carbocycles. The molecule has 21 heavy (non-hydrogen) atoms. The molecule has 122 valence electrons. The van der Waals surface area contributed by atoms with Gasteiger partial charge in [0.05, 0.1) is 25.0 Å². The van der Waals surface area contributed by atoms with Gasteiger partial charge in [-0.1, -0.05) is 6.42 Å². The highest BCUT2D eigenvalue weighted by molar-refractivity contribution is 7.91. The van der Waals surface area contributed by atoms with Gasteiger partial charge in [0.1, 0.15) is 0 Å². The first-order valence-corrected chi connectivity index (χ1v) is 9.65. The van der Waals surface area contributed by atoms with E-state index in [9.17, 15) is 13.2 Å². The summed E-state index contributed by atoms with van der Waals surface area (Å²) in [6.45, 7) is 1.07. The lowest BCUT2D eigenvalue weighted by molar-refractivity contribution is -0.141. The van der Waals surface area contributed by atoms with Crippen molar-refractivity contribution >= 4 is 15.8 Å². The Balaban J connectivity index is 1.83. The van der Waals surface area contributed by atoms with Gasteiger partial charge in [-0.05, 0) is 51.1 Å². The molecule has 0 aromatic heterocycles. The molecule has 6 heteroatoms. The maximum Gasteiger partial charge on any atom is 0.306 e. The molecule has 0 N–H and O–H groups in total. The highest BCUT2D eigenvalue weighted by atomic mass is 32.2. The van der Waals surface area contributed by atoms with E-state index in [0.29, 0.717) is 12.5 Å². The minimum Gasteiger partial charge on any atom is -0.469 e. The van der Waals surface area contributed by atoms with E-state index in [-0.39, 0.29) is 29.3 Å². The summed E-state index contributed by atoms with van der Waals surface area (Å²) in [7, 11) is 0.345. The third-order valence-corrected chi connectivity index (χ3v) is 6.82. The number of carbonyl (C=O) groups is 1. The number of ether oxygens (including phenoxy) is 1. The summed E-state index contributed by atoms with van der Waals surface area (Å²) < 4.78 is 29.3. The molecule has 2 fully saturated rings. The zero-order valence-electron chi connectivity index (χ0n) is 13.1. The lowest BCUT2D eigenvalue weighted by atomic mass is 10.0. The van der Waals surface area contributed by atoms with Gasteiger partial charge in [-0.2, -0.15) is 0 Å². The van der Waals surface area contributed by atoms with Crippen molar-refractivity contribution < 1.29 is 17.9 Å². The summed E-state index contributed by atoms with van der Waals surface area (Å²) in [5, 5.41) is 0. The van der Waals surface area contributed by atoms with Crippen molar-refractivity contribution in [2.24, 2.45) is 5.41 Å². The smallest absolute Gasteiger partial charge is 0.306 e. The van der Waals surface area contributed by atoms with Crippen LogP contribution in [0.5, 0.6) is 0 Å². The third kappa shape index (κ3) is 4.95. The zero-order chi connectivity index (χ0) is 15.5. The van der Waals surface area contributed by atoms with E-state index >= 15 is 0 Å². The number of esters is 1. The van der Waals surface area contributed by atoms with E-state index in [2.05, 4.69) is 16.7 Å². The normalized spacial score (nSPS) is 25.5. The standard InChI is InChI=1S/C15H27NO4S/c1-16-9-4-3-5-13(16)6-10-21(18,19)12-15(7-8-15)11-14(17)20-2/h13H,3-12H2,1-2H3. The van der Waals surface area contributed by atoms with E-state index in [4.69, 9.17) is 0 Å². The molecule has 1 saturated heterocycles. The van der Waals surface area contributed by atoms with Gasteiger partial charge in [-0.15, -0.1) is 0 Å². The Morgan fingerprint density at radius 3 is 2.62 bits per heavy atom. The molecule has 5 nitrogen and oxygen atoms in total. The van der Waals surface area contributed by atoms with Gasteiger partial charge in [0.25, 0.3) is 0 Å². The number of carbonyl (C=O) groups excluding carboxylic acids is 1. The molecule has 0 spiro atoms. The van der Waals surface area contributed by atoms with Crippen molar-refractivity contribution in [1.29, 1.82) is 0 Å². The van der Waals surface area contributed by atoms with Crippen LogP contribution in [-0.2, 0) is 19.4 Å². The molecule has 1 aliphatic carbocycles. The molecule has 2 rings (SSSR count). The molecule has 1 heterocycles. The quantitative estimate of drug-likeness (QED) is 0.668. The predicted octanol–water partition coefficient (Wildman–Crippen LogP) is 1.62. The van der Waals surface area contributed by atoms with Gasteiger partial charge in [-0.25, -0.2) is 8.42 Å². The van der Waals surface area contributed by atoms with Crippen LogP contribution >= 0.6 is 0 Å². The van der Waals surface area contributed by atoms with Crippen LogP contribution in [0.1, 0.15) is 44.9 Å². The van der Waals surface area contributed by atoms with Crippen LogP contribution in [0.15, 0.2) is 0 Å². The summed E-state index contributed by atoms with van der Waals surface area (Å²) in [6.07, 6.45) is 6.11. The van der Waals surface area contributed by atoms with Crippen molar-refractivity contribution in [2.45, 2.75) is 51.0 Å². The van der Waals surface area contributed by atoms with Crippen LogP contribution in [0.2, 0.25) is 0 Å². The van der Waals surface area contributed by atoms with Gasteiger partial charge < -0.3 is 9.64 Å². The summed E-state index contributed by atoms with van der Waals surface area (Å²) in [6, 6.07) is 0.393. The fraction of sp³-hybridized carbons (Fsp3) is 0.933. The van der Waals surface area contributed by atoms with Crippen LogP contribution in [0.25, 0.3) is 0 Å². The Morgan fingerprint density at radius 2 is 2.05 bits per heavy atom. The Bertz CT molecular complexity index is 470. The molecular formula is C15H27NO4S. The zero-order valence-corrected chi connectivity index (χ0v) is 14.0. The van der Waals surface area contributed by atoms with Crippen molar-refractivity contribution in [3.8, 4) is 0 Å². The highest BCUT2D eigenvalue weighted by Gasteiger charge is 2.47. The molecule has 1 unspecified atom stereocenters. The number of piperidine rings is 1. The maximum atomic E-state index is 12.3. The molecule has 1 aliphatic heterocycles. The number of sulfone groups is 1. The van der Waals surface area contributed by atoms with Gasteiger partial charge in [-0.3, -0.25) is 4.79 Å². The first-order valence-electron chi connectivity index (χ1n) is 7.83. The summed E-state index contributed by atoms with van der Waals surface area (Å²) in [5.41, 5.74) is -0.329. The molecule has 0 aromatic rings. The monoisotopic (exact) mass is 317 g/mol. The third-order valence-electron chi connectivity index (χ3n) is 4.91. The largest absolute Gasteiger partial charge is 0.469 e. The van der Waals surface area contributed by atoms with Gasteiger partial charge >= 0.3 is 5.97 Å². The van der Waals surface area contributed by atoms with Crippen molar-refractivity contribution in [2.75, 3.05) is 32.2 Å². The van der Waals surface area contributed by atoms with E-state index in [1.54, 1.807) is 0 Å². The number of likely N-dealkylation sites (tertiary alicyclic amines) is 1. The van der Waals surface area contributed by atoms with Gasteiger partial charge in [0.15, 0.2) is 9.84 Å². The first kappa shape index (κ1) is 16.7. The molecular weight excluding hydrogens is 290 g/mol. The van der Waals surface area contributed by atoms with Crippen molar-refractivity contribution in [3.05, 3.63) is 0 Å². The fourth-order valence-corrected chi connectivity index (χ4v) is 5.39. The van der Waals surface area contributed by atoms with Crippen LogP contribution in [0.4, 0.5) is 0 Å². The van der Waals surface area contributed by atoms with E-state index < -0.39 is 9.84 Å². The maximum absolute atomic E-state index is 12.3. The predicted molar refractivity (Wildman–Crippen MR) is 81.8 cm³/mol. The second-order valence-corrected chi connectivity index (χ2v) is 8.95. The second kappa shape index (κ2) is 6.65. The van der Waals surface area contributed by atoms with Crippen LogP contribution in [0.3, 0.4) is 0 Å². The average molecular weight is 317 g/mol. The Kier molecular flexibility index (Phi) is 5.30. The molecule has 0 bridgehead atoms.